The van der Waals surface area contributed by atoms with Crippen LogP contribution in [0.4, 0.5) is 13.2 Å². The van der Waals surface area contributed by atoms with Crippen LogP contribution in [0.3, 0.4) is 0 Å². The van der Waals surface area contributed by atoms with E-state index < -0.39 is 18.6 Å². The minimum absolute atomic E-state index is 0. The molecule has 2 aromatic rings. The summed E-state index contributed by atoms with van der Waals surface area (Å²) in [6, 6.07) is 9.39. The normalized spacial score (nSPS) is 13.1. The average Bonchev–Trinajstić information content (AvgIpc) is 2.26. The van der Waals surface area contributed by atoms with Crippen molar-refractivity contribution in [1.29, 1.82) is 0 Å². The van der Waals surface area contributed by atoms with Gasteiger partial charge in [0.25, 0.3) is 0 Å². The number of fused-ring (bicyclic) bond motifs is 1. The average molecular weight is 277 g/mol. The van der Waals surface area contributed by atoms with E-state index in [1.54, 1.807) is 24.3 Å². The molecule has 0 saturated heterocycles. The summed E-state index contributed by atoms with van der Waals surface area (Å²) in [5.74, 6) is 0. The number of pyridine rings is 1. The van der Waals surface area contributed by atoms with Crippen LogP contribution in [0.1, 0.15) is 18.2 Å². The molecule has 0 saturated carbocycles. The summed E-state index contributed by atoms with van der Waals surface area (Å²) in [4.78, 5) is 4.13. The Morgan fingerprint density at radius 2 is 1.78 bits per heavy atom. The topological polar surface area (TPSA) is 38.9 Å². The van der Waals surface area contributed by atoms with Gasteiger partial charge in [0, 0.05) is 5.39 Å². The molecule has 0 unspecified atom stereocenters. The summed E-state index contributed by atoms with van der Waals surface area (Å²) in [5, 5.41) is 0.885. The zero-order chi connectivity index (χ0) is 12.5. The molecule has 0 aliphatic rings. The molecule has 1 heterocycles. The molecule has 2 nitrogen and oxygen atoms in total. The van der Waals surface area contributed by atoms with Crippen LogP contribution in [0.15, 0.2) is 36.4 Å². The Balaban J connectivity index is 0.00000162. The lowest BCUT2D eigenvalue weighted by Gasteiger charge is -2.13. The van der Waals surface area contributed by atoms with Crippen LogP contribution in [0, 0.1) is 0 Å². The Kier molecular flexibility index (Phi) is 4.53. The quantitative estimate of drug-likeness (QED) is 0.910. The number of nitrogens with zero attached hydrogens (tertiary/aromatic N) is 1. The molecule has 0 amide bonds. The summed E-state index contributed by atoms with van der Waals surface area (Å²) < 4.78 is 36.6. The van der Waals surface area contributed by atoms with E-state index in [1.165, 1.54) is 0 Å². The Morgan fingerprint density at radius 3 is 2.44 bits per heavy atom. The molecular formula is C12H12ClF3N2. The van der Waals surface area contributed by atoms with Gasteiger partial charge in [-0.1, -0.05) is 24.3 Å². The number of nitrogens with two attached hydrogens (primary N) is 1. The maximum absolute atomic E-state index is 12.2. The molecular weight excluding hydrogens is 265 g/mol. The molecule has 2 N–H and O–H groups in total. The molecule has 0 spiro atoms. The van der Waals surface area contributed by atoms with Gasteiger partial charge in [-0.3, -0.25) is 4.98 Å². The van der Waals surface area contributed by atoms with Gasteiger partial charge in [-0.25, -0.2) is 0 Å². The first-order valence-corrected chi connectivity index (χ1v) is 5.14. The SMILES string of the molecule is Cl.N[C@H](CC(F)(F)F)c1ccc2ccccc2n1. The summed E-state index contributed by atoms with van der Waals surface area (Å²) in [7, 11) is 0. The summed E-state index contributed by atoms with van der Waals surface area (Å²) in [5.41, 5.74) is 6.41. The first-order valence-electron chi connectivity index (χ1n) is 5.14. The van der Waals surface area contributed by atoms with E-state index in [-0.39, 0.29) is 18.1 Å². The van der Waals surface area contributed by atoms with Gasteiger partial charge in [0.1, 0.15) is 0 Å². The highest BCUT2D eigenvalue weighted by Gasteiger charge is 2.31. The molecule has 6 heteroatoms. The monoisotopic (exact) mass is 276 g/mol. The Bertz CT molecular complexity index is 528. The molecule has 0 aliphatic heterocycles. The van der Waals surface area contributed by atoms with Crippen molar-refractivity contribution >= 4 is 23.3 Å². The highest BCUT2D eigenvalue weighted by atomic mass is 35.5. The number of alkyl halides is 3. The molecule has 1 atom stereocenters. The standard InChI is InChI=1S/C12H11F3N2.ClH/c13-12(14,15)7-9(16)11-6-5-8-3-1-2-4-10(8)17-11;/h1-6,9H,7,16H2;1H/t9-;/m1./s1. The molecule has 0 bridgehead atoms. The predicted molar refractivity (Wildman–Crippen MR) is 66.6 cm³/mol. The second-order valence-electron chi connectivity index (χ2n) is 3.85. The van der Waals surface area contributed by atoms with Crippen molar-refractivity contribution in [3.05, 3.63) is 42.1 Å². The molecule has 1 aromatic heterocycles. The van der Waals surface area contributed by atoms with Crippen molar-refractivity contribution < 1.29 is 13.2 Å². The molecule has 0 radical (unpaired) electrons. The number of hydrogen-bond donors (Lipinski definition) is 1. The van der Waals surface area contributed by atoms with Crippen molar-refractivity contribution in [3.63, 3.8) is 0 Å². The molecule has 1 aromatic carbocycles. The number of hydrogen-bond acceptors (Lipinski definition) is 2. The number of halogens is 4. The van der Waals surface area contributed by atoms with Gasteiger partial charge in [0.2, 0.25) is 0 Å². The van der Waals surface area contributed by atoms with Gasteiger partial charge in [-0.15, -0.1) is 12.4 Å². The van der Waals surface area contributed by atoms with Crippen molar-refractivity contribution in [2.24, 2.45) is 5.73 Å². The number of benzene rings is 1. The lowest BCUT2D eigenvalue weighted by Crippen LogP contribution is -2.21. The number of para-hydroxylation sites is 1. The second-order valence-corrected chi connectivity index (χ2v) is 3.85. The molecule has 18 heavy (non-hydrogen) atoms. The summed E-state index contributed by atoms with van der Waals surface area (Å²) in [6.45, 7) is 0. The third-order valence-electron chi connectivity index (χ3n) is 2.45. The van der Waals surface area contributed by atoms with Gasteiger partial charge in [-0.05, 0) is 12.1 Å². The van der Waals surface area contributed by atoms with Crippen LogP contribution in [-0.4, -0.2) is 11.2 Å². The molecule has 2 rings (SSSR count). The second kappa shape index (κ2) is 5.54. The maximum Gasteiger partial charge on any atom is 0.390 e. The minimum atomic E-state index is -4.27. The first kappa shape index (κ1) is 14.7. The highest BCUT2D eigenvalue weighted by molar-refractivity contribution is 5.85. The lowest BCUT2D eigenvalue weighted by atomic mass is 10.1. The Morgan fingerprint density at radius 1 is 1.11 bits per heavy atom. The van der Waals surface area contributed by atoms with Crippen molar-refractivity contribution in [1.82, 2.24) is 4.98 Å². The van der Waals surface area contributed by atoms with Crippen molar-refractivity contribution in [2.75, 3.05) is 0 Å². The van der Waals surface area contributed by atoms with E-state index in [4.69, 9.17) is 5.73 Å². The smallest absolute Gasteiger partial charge is 0.322 e. The van der Waals surface area contributed by atoms with E-state index in [1.807, 2.05) is 12.1 Å². The number of rotatable bonds is 2. The molecule has 0 fully saturated rings. The number of aromatic nitrogens is 1. The fourth-order valence-corrected chi connectivity index (χ4v) is 1.64. The van der Waals surface area contributed by atoms with Gasteiger partial charge in [0.15, 0.2) is 0 Å². The van der Waals surface area contributed by atoms with Crippen LogP contribution >= 0.6 is 12.4 Å². The van der Waals surface area contributed by atoms with Crippen LogP contribution in [-0.2, 0) is 0 Å². The maximum atomic E-state index is 12.2. The summed E-state index contributed by atoms with van der Waals surface area (Å²) in [6.07, 6.45) is -5.33. The lowest BCUT2D eigenvalue weighted by molar-refractivity contribution is -0.138. The molecule has 0 aliphatic carbocycles. The third-order valence-corrected chi connectivity index (χ3v) is 2.45. The van der Waals surface area contributed by atoms with Gasteiger partial charge < -0.3 is 5.73 Å². The van der Waals surface area contributed by atoms with Crippen molar-refractivity contribution in [2.45, 2.75) is 18.6 Å². The Labute approximate surface area is 108 Å². The fourth-order valence-electron chi connectivity index (χ4n) is 1.64. The summed E-state index contributed by atoms with van der Waals surface area (Å²) >= 11 is 0. The first-order chi connectivity index (χ1) is 7.96. The van der Waals surface area contributed by atoms with Crippen LogP contribution in [0.5, 0.6) is 0 Å². The van der Waals surface area contributed by atoms with Crippen LogP contribution in [0.2, 0.25) is 0 Å². The third kappa shape index (κ3) is 3.58. The highest BCUT2D eigenvalue weighted by Crippen LogP contribution is 2.27. The molecule has 98 valence electrons. The van der Waals surface area contributed by atoms with E-state index >= 15 is 0 Å². The van der Waals surface area contributed by atoms with E-state index in [0.29, 0.717) is 5.52 Å². The predicted octanol–water partition coefficient (Wildman–Crippen LogP) is 3.61. The van der Waals surface area contributed by atoms with Gasteiger partial charge >= 0.3 is 6.18 Å². The van der Waals surface area contributed by atoms with Crippen LogP contribution < -0.4 is 5.73 Å². The van der Waals surface area contributed by atoms with E-state index in [0.717, 1.165) is 5.39 Å². The van der Waals surface area contributed by atoms with Crippen molar-refractivity contribution in [3.8, 4) is 0 Å². The van der Waals surface area contributed by atoms with Gasteiger partial charge in [-0.2, -0.15) is 13.2 Å². The Hall–Kier alpha value is -1.33. The zero-order valence-corrected chi connectivity index (χ0v) is 10.1. The van der Waals surface area contributed by atoms with E-state index in [2.05, 4.69) is 4.98 Å². The minimum Gasteiger partial charge on any atom is -0.322 e. The van der Waals surface area contributed by atoms with Gasteiger partial charge in [0.05, 0.1) is 23.7 Å². The fraction of sp³-hybridized carbons (Fsp3) is 0.250. The van der Waals surface area contributed by atoms with E-state index in [9.17, 15) is 13.2 Å². The zero-order valence-electron chi connectivity index (χ0n) is 9.32. The largest absolute Gasteiger partial charge is 0.390 e. The van der Waals surface area contributed by atoms with Crippen LogP contribution in [0.25, 0.3) is 10.9 Å².